The van der Waals surface area contributed by atoms with Gasteiger partial charge in [-0.2, -0.15) is 0 Å². The number of carbonyl (C=O) groups is 2. The molecule has 4 rings (SSSR count). The van der Waals surface area contributed by atoms with Crippen LogP contribution in [-0.2, 0) is 9.53 Å². The Balaban J connectivity index is 1.75. The average Bonchev–Trinajstić information content (AvgIpc) is 3.34. The van der Waals surface area contributed by atoms with E-state index in [-0.39, 0.29) is 12.6 Å². The molecule has 1 atom stereocenters. The Morgan fingerprint density at radius 3 is 2.35 bits per heavy atom. The van der Waals surface area contributed by atoms with Crippen molar-refractivity contribution in [2.24, 2.45) is 0 Å². The lowest BCUT2D eigenvalue weighted by atomic mass is 9.92. The average molecular weight is 421 g/mol. The molecule has 0 saturated carbocycles. The van der Waals surface area contributed by atoms with E-state index < -0.39 is 12.0 Å². The number of urea groups is 1. The predicted molar refractivity (Wildman–Crippen MR) is 119 cm³/mol. The normalized spacial score (nSPS) is 18.5. The van der Waals surface area contributed by atoms with Gasteiger partial charge in [-0.25, -0.2) is 9.59 Å². The van der Waals surface area contributed by atoms with Gasteiger partial charge in [0.15, 0.2) is 0 Å². The fourth-order valence-electron chi connectivity index (χ4n) is 4.08. The molecule has 1 unspecified atom stereocenters. The summed E-state index contributed by atoms with van der Waals surface area (Å²) in [6.45, 7) is 4.12. The number of carbonyl (C=O) groups excluding carboxylic acids is 2. The SMILES string of the molecule is CCOC(=O)C1=C(c2ccc(OC)cc2)NC(=O)NC1c1ccc(N2CCCC2)cc1. The van der Waals surface area contributed by atoms with Crippen molar-refractivity contribution >= 4 is 23.4 Å². The summed E-state index contributed by atoms with van der Waals surface area (Å²) in [5, 5.41) is 5.68. The minimum atomic E-state index is -0.613. The van der Waals surface area contributed by atoms with Gasteiger partial charge in [-0.15, -0.1) is 0 Å². The summed E-state index contributed by atoms with van der Waals surface area (Å²) in [5.74, 6) is 0.228. The molecular formula is C24H27N3O4. The number of benzene rings is 2. The molecule has 0 aliphatic carbocycles. The Morgan fingerprint density at radius 2 is 1.74 bits per heavy atom. The number of esters is 1. The van der Waals surface area contributed by atoms with E-state index in [1.807, 2.05) is 36.4 Å². The van der Waals surface area contributed by atoms with Crippen molar-refractivity contribution in [3.8, 4) is 5.75 Å². The van der Waals surface area contributed by atoms with Crippen molar-refractivity contribution in [2.75, 3.05) is 31.7 Å². The molecule has 162 valence electrons. The van der Waals surface area contributed by atoms with Crippen LogP contribution in [0.2, 0.25) is 0 Å². The standard InChI is InChI=1S/C24H27N3O4/c1-3-31-23(28)20-21(16-6-10-18(11-7-16)27-14-4-5-15-27)25-24(29)26-22(20)17-8-12-19(30-2)13-9-17/h6-13,21H,3-5,14-15H2,1-2H3,(H2,25,26,29). The van der Waals surface area contributed by atoms with Gasteiger partial charge in [-0.05, 0) is 67.3 Å². The number of rotatable bonds is 6. The molecule has 2 aliphatic rings. The Bertz CT molecular complexity index is 977. The minimum Gasteiger partial charge on any atom is -0.497 e. The summed E-state index contributed by atoms with van der Waals surface area (Å²) in [5.41, 5.74) is 3.50. The molecule has 2 amide bonds. The number of nitrogens with zero attached hydrogens (tertiary/aromatic N) is 1. The van der Waals surface area contributed by atoms with Crippen LogP contribution >= 0.6 is 0 Å². The second-order valence-electron chi connectivity index (χ2n) is 7.55. The van der Waals surface area contributed by atoms with E-state index in [1.54, 1.807) is 26.2 Å². The topological polar surface area (TPSA) is 79.9 Å². The third-order valence-corrected chi connectivity index (χ3v) is 5.64. The van der Waals surface area contributed by atoms with Crippen LogP contribution in [0.1, 0.15) is 36.9 Å². The molecular weight excluding hydrogens is 394 g/mol. The maximum absolute atomic E-state index is 13.0. The highest BCUT2D eigenvalue weighted by atomic mass is 16.5. The first-order chi connectivity index (χ1) is 15.1. The minimum absolute atomic E-state index is 0.243. The number of anilines is 1. The number of ether oxygens (including phenoxy) is 2. The second kappa shape index (κ2) is 9.12. The van der Waals surface area contributed by atoms with Gasteiger partial charge in [0.2, 0.25) is 0 Å². The first-order valence-corrected chi connectivity index (χ1v) is 10.6. The zero-order chi connectivity index (χ0) is 21.8. The summed E-state index contributed by atoms with van der Waals surface area (Å²) in [7, 11) is 1.59. The molecule has 2 aromatic carbocycles. The predicted octanol–water partition coefficient (Wildman–Crippen LogP) is 3.62. The van der Waals surface area contributed by atoms with Crippen LogP contribution in [0.25, 0.3) is 5.70 Å². The Hall–Kier alpha value is -3.48. The summed E-state index contributed by atoms with van der Waals surface area (Å²) >= 11 is 0. The van der Waals surface area contributed by atoms with Crippen LogP contribution in [0.15, 0.2) is 54.1 Å². The molecule has 2 N–H and O–H groups in total. The quantitative estimate of drug-likeness (QED) is 0.697. The molecule has 1 fully saturated rings. The molecule has 0 spiro atoms. The van der Waals surface area contributed by atoms with Crippen LogP contribution < -0.4 is 20.3 Å². The summed E-state index contributed by atoms with van der Waals surface area (Å²) in [6.07, 6.45) is 2.40. The molecule has 7 heteroatoms. The van der Waals surface area contributed by atoms with Gasteiger partial charge in [0.25, 0.3) is 0 Å². The van der Waals surface area contributed by atoms with E-state index in [1.165, 1.54) is 12.8 Å². The number of hydrogen-bond donors (Lipinski definition) is 2. The third-order valence-electron chi connectivity index (χ3n) is 5.64. The van der Waals surface area contributed by atoms with Gasteiger partial charge in [0.05, 0.1) is 31.0 Å². The Kier molecular flexibility index (Phi) is 6.11. The summed E-state index contributed by atoms with van der Waals surface area (Å²) in [4.78, 5) is 27.8. The first kappa shape index (κ1) is 20.8. The van der Waals surface area contributed by atoms with Crippen molar-refractivity contribution in [1.82, 2.24) is 10.6 Å². The maximum atomic E-state index is 13.0. The molecule has 0 aromatic heterocycles. The number of hydrogen-bond acceptors (Lipinski definition) is 5. The van der Waals surface area contributed by atoms with Crippen LogP contribution in [-0.4, -0.2) is 38.8 Å². The lowest BCUT2D eigenvalue weighted by molar-refractivity contribution is -0.138. The van der Waals surface area contributed by atoms with Crippen molar-refractivity contribution in [2.45, 2.75) is 25.8 Å². The molecule has 0 bridgehead atoms. The van der Waals surface area contributed by atoms with E-state index in [4.69, 9.17) is 9.47 Å². The molecule has 31 heavy (non-hydrogen) atoms. The molecule has 1 saturated heterocycles. The molecule has 2 aliphatic heterocycles. The monoisotopic (exact) mass is 421 g/mol. The summed E-state index contributed by atoms with van der Waals surface area (Å²) < 4.78 is 10.6. The number of methoxy groups -OCH3 is 1. The fourth-order valence-corrected chi connectivity index (χ4v) is 4.08. The smallest absolute Gasteiger partial charge is 0.338 e. The maximum Gasteiger partial charge on any atom is 0.338 e. The highest BCUT2D eigenvalue weighted by molar-refractivity contribution is 6.04. The van der Waals surface area contributed by atoms with Crippen molar-refractivity contribution < 1.29 is 19.1 Å². The van der Waals surface area contributed by atoms with Gasteiger partial charge in [-0.1, -0.05) is 12.1 Å². The van der Waals surface area contributed by atoms with Crippen LogP contribution in [0.4, 0.5) is 10.5 Å². The third kappa shape index (κ3) is 4.35. The Morgan fingerprint density at radius 1 is 1.06 bits per heavy atom. The van der Waals surface area contributed by atoms with Crippen LogP contribution in [0.5, 0.6) is 5.75 Å². The van der Waals surface area contributed by atoms with E-state index in [2.05, 4.69) is 15.5 Å². The van der Waals surface area contributed by atoms with E-state index >= 15 is 0 Å². The van der Waals surface area contributed by atoms with Gasteiger partial charge >= 0.3 is 12.0 Å². The second-order valence-corrected chi connectivity index (χ2v) is 7.55. The van der Waals surface area contributed by atoms with Gasteiger partial charge in [0.1, 0.15) is 5.75 Å². The molecule has 7 nitrogen and oxygen atoms in total. The highest BCUT2D eigenvalue weighted by Gasteiger charge is 2.34. The van der Waals surface area contributed by atoms with Gasteiger partial charge in [0, 0.05) is 18.8 Å². The highest BCUT2D eigenvalue weighted by Crippen LogP contribution is 2.33. The van der Waals surface area contributed by atoms with Gasteiger partial charge < -0.3 is 25.0 Å². The van der Waals surface area contributed by atoms with E-state index in [9.17, 15) is 9.59 Å². The number of amides is 2. The molecule has 2 heterocycles. The van der Waals surface area contributed by atoms with E-state index in [0.29, 0.717) is 22.6 Å². The fraction of sp³-hybridized carbons (Fsp3) is 0.333. The van der Waals surface area contributed by atoms with Crippen molar-refractivity contribution in [3.05, 3.63) is 65.2 Å². The molecule has 2 aromatic rings. The lowest BCUT2D eigenvalue weighted by Gasteiger charge is -2.30. The van der Waals surface area contributed by atoms with E-state index in [0.717, 1.165) is 24.3 Å². The van der Waals surface area contributed by atoms with Crippen LogP contribution in [0.3, 0.4) is 0 Å². The van der Waals surface area contributed by atoms with Crippen molar-refractivity contribution in [1.29, 1.82) is 0 Å². The lowest BCUT2D eigenvalue weighted by Crippen LogP contribution is -2.45. The Labute approximate surface area is 182 Å². The number of nitrogens with one attached hydrogen (secondary N) is 2. The zero-order valence-corrected chi connectivity index (χ0v) is 17.8. The summed E-state index contributed by atoms with van der Waals surface area (Å²) in [6, 6.07) is 14.3. The zero-order valence-electron chi connectivity index (χ0n) is 17.8. The van der Waals surface area contributed by atoms with Crippen LogP contribution in [0, 0.1) is 0 Å². The largest absolute Gasteiger partial charge is 0.497 e. The first-order valence-electron chi connectivity index (χ1n) is 10.6. The van der Waals surface area contributed by atoms with Gasteiger partial charge in [-0.3, -0.25) is 0 Å². The molecule has 0 radical (unpaired) electrons. The van der Waals surface area contributed by atoms with Crippen molar-refractivity contribution in [3.63, 3.8) is 0 Å².